The highest BCUT2D eigenvalue weighted by Gasteiger charge is 2.20. The van der Waals surface area contributed by atoms with Gasteiger partial charge < -0.3 is 5.32 Å². The van der Waals surface area contributed by atoms with Crippen molar-refractivity contribution < 1.29 is 4.79 Å². The first-order chi connectivity index (χ1) is 8.34. The van der Waals surface area contributed by atoms with E-state index in [-0.39, 0.29) is 5.91 Å². The molecule has 1 N–H and O–H groups in total. The molecule has 2 nitrogen and oxygen atoms in total. The molecular formula is C14H22ClNOS. The second-order valence-corrected chi connectivity index (χ2v) is 6.68. The molecular weight excluding hydrogens is 266 g/mol. The number of aryl methyl sites for hydroxylation is 1. The number of nitrogens with one attached hydrogen (secondary N) is 1. The molecule has 1 amide bonds. The van der Waals surface area contributed by atoms with Gasteiger partial charge in [-0.1, -0.05) is 39.3 Å². The maximum Gasteiger partial charge on any atom is 0.262 e. The van der Waals surface area contributed by atoms with Gasteiger partial charge in [0.2, 0.25) is 0 Å². The number of carbonyl (C=O) groups excluding carboxylic acids is 1. The minimum atomic E-state index is -0.0515. The average Bonchev–Trinajstić information content (AvgIpc) is 2.58. The Morgan fingerprint density at radius 3 is 2.28 bits per heavy atom. The van der Waals surface area contributed by atoms with Crippen molar-refractivity contribution in [1.82, 2.24) is 5.32 Å². The van der Waals surface area contributed by atoms with Gasteiger partial charge in [-0.3, -0.25) is 4.79 Å². The third kappa shape index (κ3) is 3.72. The highest BCUT2D eigenvalue weighted by Crippen LogP contribution is 2.27. The van der Waals surface area contributed by atoms with Gasteiger partial charge in [0.15, 0.2) is 0 Å². The van der Waals surface area contributed by atoms with Crippen LogP contribution in [0, 0.1) is 24.7 Å². The fraction of sp³-hybridized carbons (Fsp3) is 0.643. The zero-order valence-electron chi connectivity index (χ0n) is 11.7. The lowest BCUT2D eigenvalue weighted by Crippen LogP contribution is -2.33. The molecule has 0 aliphatic rings. The van der Waals surface area contributed by atoms with E-state index >= 15 is 0 Å². The van der Waals surface area contributed by atoms with Crippen LogP contribution >= 0.6 is 22.9 Å². The van der Waals surface area contributed by atoms with Crippen LogP contribution in [0.15, 0.2) is 5.38 Å². The number of hydrogen-bond acceptors (Lipinski definition) is 2. The van der Waals surface area contributed by atoms with E-state index in [9.17, 15) is 4.79 Å². The largest absolute Gasteiger partial charge is 0.351 e. The number of hydrogen-bond donors (Lipinski definition) is 1. The van der Waals surface area contributed by atoms with Gasteiger partial charge in [0.1, 0.15) is 4.88 Å². The van der Waals surface area contributed by atoms with Gasteiger partial charge in [-0.05, 0) is 35.6 Å². The lowest BCUT2D eigenvalue weighted by Gasteiger charge is -2.24. The van der Waals surface area contributed by atoms with Crippen LogP contribution in [-0.4, -0.2) is 12.5 Å². The van der Waals surface area contributed by atoms with Gasteiger partial charge >= 0.3 is 0 Å². The van der Waals surface area contributed by atoms with E-state index in [2.05, 4.69) is 33.0 Å². The number of carbonyl (C=O) groups is 1. The van der Waals surface area contributed by atoms with E-state index in [0.717, 1.165) is 5.56 Å². The Morgan fingerprint density at radius 1 is 1.33 bits per heavy atom. The normalized spacial score (nSPS) is 11.6. The number of thiophene rings is 1. The van der Waals surface area contributed by atoms with Gasteiger partial charge in [0.05, 0.1) is 5.02 Å². The number of halogens is 1. The Kier molecular flexibility index (Phi) is 5.67. The highest BCUT2D eigenvalue weighted by molar-refractivity contribution is 7.13. The Bertz CT molecular complexity index is 404. The summed E-state index contributed by atoms with van der Waals surface area (Å²) in [5, 5.41) is 5.51. The molecule has 0 bridgehead atoms. The minimum absolute atomic E-state index is 0.0515. The first-order valence-corrected chi connectivity index (χ1v) is 7.62. The summed E-state index contributed by atoms with van der Waals surface area (Å²) in [5.74, 6) is 1.56. The van der Waals surface area contributed by atoms with Crippen molar-refractivity contribution in [3.05, 3.63) is 20.8 Å². The quantitative estimate of drug-likeness (QED) is 0.856. The number of amides is 1. The fourth-order valence-corrected chi connectivity index (χ4v) is 3.31. The molecule has 4 heteroatoms. The van der Waals surface area contributed by atoms with Crippen LogP contribution < -0.4 is 5.32 Å². The molecule has 1 aromatic rings. The number of rotatable bonds is 5. The van der Waals surface area contributed by atoms with Gasteiger partial charge in [0, 0.05) is 6.54 Å². The predicted molar refractivity (Wildman–Crippen MR) is 79.6 cm³/mol. The third-order valence-corrected chi connectivity index (χ3v) is 5.01. The summed E-state index contributed by atoms with van der Waals surface area (Å²) < 4.78 is 0. The molecule has 0 saturated carbocycles. The summed E-state index contributed by atoms with van der Waals surface area (Å²) in [6.45, 7) is 11.4. The second-order valence-electron chi connectivity index (χ2n) is 5.42. The lowest BCUT2D eigenvalue weighted by molar-refractivity contribution is 0.0941. The first kappa shape index (κ1) is 15.5. The molecule has 0 saturated heterocycles. The summed E-state index contributed by atoms with van der Waals surface area (Å²) in [4.78, 5) is 12.7. The van der Waals surface area contributed by atoms with Crippen LogP contribution in [0.3, 0.4) is 0 Å². The van der Waals surface area contributed by atoms with Crippen molar-refractivity contribution in [2.45, 2.75) is 34.6 Å². The van der Waals surface area contributed by atoms with E-state index in [1.807, 2.05) is 12.3 Å². The Balaban J connectivity index is 2.63. The molecule has 0 aliphatic heterocycles. The van der Waals surface area contributed by atoms with E-state index in [4.69, 9.17) is 11.6 Å². The smallest absolute Gasteiger partial charge is 0.262 e. The van der Waals surface area contributed by atoms with Gasteiger partial charge in [0.25, 0.3) is 5.91 Å². The summed E-state index contributed by atoms with van der Waals surface area (Å²) >= 11 is 7.50. The molecule has 1 aromatic heterocycles. The molecule has 102 valence electrons. The molecule has 18 heavy (non-hydrogen) atoms. The van der Waals surface area contributed by atoms with E-state index in [0.29, 0.717) is 34.2 Å². The van der Waals surface area contributed by atoms with Crippen LogP contribution in [0.25, 0.3) is 0 Å². The van der Waals surface area contributed by atoms with Crippen LogP contribution in [0.5, 0.6) is 0 Å². The average molecular weight is 288 g/mol. The summed E-state index contributed by atoms with van der Waals surface area (Å²) in [7, 11) is 0. The van der Waals surface area contributed by atoms with Crippen molar-refractivity contribution in [2.24, 2.45) is 17.8 Å². The molecule has 0 atom stereocenters. The van der Waals surface area contributed by atoms with Crippen LogP contribution in [0.1, 0.15) is 42.9 Å². The zero-order valence-corrected chi connectivity index (χ0v) is 13.3. The monoisotopic (exact) mass is 287 g/mol. The minimum Gasteiger partial charge on any atom is -0.351 e. The first-order valence-electron chi connectivity index (χ1n) is 6.36. The van der Waals surface area contributed by atoms with Crippen LogP contribution in [-0.2, 0) is 0 Å². The molecule has 0 spiro atoms. The Labute approximate surface area is 119 Å². The Hall–Kier alpha value is -0.540. The molecule has 0 unspecified atom stereocenters. The molecule has 0 aromatic carbocycles. The highest BCUT2D eigenvalue weighted by atomic mass is 35.5. The predicted octanol–water partition coefficient (Wildman–Crippen LogP) is 4.37. The second kappa shape index (κ2) is 6.58. The van der Waals surface area contributed by atoms with Crippen molar-refractivity contribution in [3.63, 3.8) is 0 Å². The third-order valence-electron chi connectivity index (χ3n) is 3.32. The lowest BCUT2D eigenvalue weighted by atomic mass is 9.85. The molecule has 0 fully saturated rings. The van der Waals surface area contributed by atoms with Crippen molar-refractivity contribution in [1.29, 1.82) is 0 Å². The standard InChI is InChI=1S/C14H22ClNOS/c1-8(2)11(9(3)4)6-16-14(17)13-12(15)10(5)7-18-13/h7-9,11H,6H2,1-5H3,(H,16,17). The van der Waals surface area contributed by atoms with Crippen LogP contribution in [0.4, 0.5) is 0 Å². The zero-order chi connectivity index (χ0) is 13.9. The van der Waals surface area contributed by atoms with Crippen molar-refractivity contribution in [3.8, 4) is 0 Å². The SMILES string of the molecule is Cc1csc(C(=O)NCC(C(C)C)C(C)C)c1Cl. The van der Waals surface area contributed by atoms with Gasteiger partial charge in [-0.25, -0.2) is 0 Å². The van der Waals surface area contributed by atoms with E-state index < -0.39 is 0 Å². The fourth-order valence-electron chi connectivity index (χ4n) is 2.12. The van der Waals surface area contributed by atoms with E-state index in [1.165, 1.54) is 11.3 Å². The van der Waals surface area contributed by atoms with Crippen molar-refractivity contribution in [2.75, 3.05) is 6.54 Å². The molecule has 1 heterocycles. The van der Waals surface area contributed by atoms with E-state index in [1.54, 1.807) is 0 Å². The molecule has 0 radical (unpaired) electrons. The topological polar surface area (TPSA) is 29.1 Å². The Morgan fingerprint density at radius 2 is 1.89 bits per heavy atom. The molecule has 0 aliphatic carbocycles. The molecule has 1 rings (SSSR count). The van der Waals surface area contributed by atoms with Gasteiger partial charge in [-0.2, -0.15) is 0 Å². The maximum absolute atomic E-state index is 12.0. The van der Waals surface area contributed by atoms with Crippen LogP contribution in [0.2, 0.25) is 5.02 Å². The van der Waals surface area contributed by atoms with Crippen molar-refractivity contribution >= 4 is 28.8 Å². The maximum atomic E-state index is 12.0. The van der Waals surface area contributed by atoms with Gasteiger partial charge in [-0.15, -0.1) is 11.3 Å². The summed E-state index contributed by atoms with van der Waals surface area (Å²) in [5.41, 5.74) is 0.969. The summed E-state index contributed by atoms with van der Waals surface area (Å²) in [6, 6.07) is 0. The summed E-state index contributed by atoms with van der Waals surface area (Å²) in [6.07, 6.45) is 0.